The first-order chi connectivity index (χ1) is 15.8. The highest BCUT2D eigenvalue weighted by molar-refractivity contribution is 5.78. The van der Waals surface area contributed by atoms with E-state index in [-0.39, 0.29) is 12.1 Å². The number of aromatic nitrogens is 2. The van der Waals surface area contributed by atoms with Gasteiger partial charge in [-0.1, -0.05) is 44.9 Å². The second-order valence-corrected chi connectivity index (χ2v) is 10.1. The average molecular weight is 439 g/mol. The Labute approximate surface area is 192 Å². The molecular formula is C25H38N6O. The minimum absolute atomic E-state index is 0.0970. The lowest BCUT2D eigenvalue weighted by Crippen LogP contribution is -2.54. The largest absolute Gasteiger partial charge is 0.353 e. The van der Waals surface area contributed by atoms with E-state index in [0.717, 1.165) is 38.4 Å². The Kier molecular flexibility index (Phi) is 6.89. The number of nitrogens with zero attached hydrogens (tertiary/aromatic N) is 6. The molecule has 2 saturated carbocycles. The monoisotopic (exact) mass is 438 g/mol. The predicted octanol–water partition coefficient (Wildman–Crippen LogP) is 4.80. The molecule has 0 spiro atoms. The molecule has 1 saturated heterocycles. The highest BCUT2D eigenvalue weighted by Gasteiger charge is 2.36. The van der Waals surface area contributed by atoms with Crippen LogP contribution in [0.2, 0.25) is 0 Å². The van der Waals surface area contributed by atoms with Crippen molar-refractivity contribution >= 4 is 18.1 Å². The summed E-state index contributed by atoms with van der Waals surface area (Å²) in [4.78, 5) is 26.8. The first-order valence-electron chi connectivity index (χ1n) is 13.0. The Morgan fingerprint density at radius 2 is 1.53 bits per heavy atom. The third kappa shape index (κ3) is 4.76. The van der Waals surface area contributed by atoms with E-state index in [1.807, 2.05) is 16.1 Å². The lowest BCUT2D eigenvalue weighted by atomic mass is 9.85. The molecule has 1 aromatic rings. The summed E-state index contributed by atoms with van der Waals surface area (Å²) in [5.41, 5.74) is 1.19. The molecule has 1 unspecified atom stereocenters. The number of carbonyl (C=O) groups excluding carboxylic acids is 1. The number of urea groups is 1. The third-order valence-electron chi connectivity index (χ3n) is 8.08. The van der Waals surface area contributed by atoms with Crippen LogP contribution in [-0.4, -0.2) is 64.3 Å². The van der Waals surface area contributed by atoms with Gasteiger partial charge in [-0.2, -0.15) is 5.10 Å². The van der Waals surface area contributed by atoms with Crippen molar-refractivity contribution in [1.29, 1.82) is 0 Å². The van der Waals surface area contributed by atoms with Crippen molar-refractivity contribution in [2.24, 2.45) is 11.0 Å². The van der Waals surface area contributed by atoms with Crippen molar-refractivity contribution in [1.82, 2.24) is 19.9 Å². The van der Waals surface area contributed by atoms with Gasteiger partial charge in [0.05, 0.1) is 6.04 Å². The summed E-state index contributed by atoms with van der Waals surface area (Å²) in [5, 5.41) is 6.36. The Morgan fingerprint density at radius 1 is 0.844 bits per heavy atom. The molecule has 5 rings (SSSR count). The number of anilines is 1. The predicted molar refractivity (Wildman–Crippen MR) is 127 cm³/mol. The molecule has 0 aromatic carbocycles. The van der Waals surface area contributed by atoms with Crippen LogP contribution in [0.4, 0.5) is 10.6 Å². The van der Waals surface area contributed by atoms with Crippen LogP contribution in [-0.2, 0) is 0 Å². The van der Waals surface area contributed by atoms with Crippen LogP contribution in [0.5, 0.6) is 0 Å². The van der Waals surface area contributed by atoms with E-state index in [1.165, 1.54) is 76.3 Å². The number of hydrogen-bond acceptors (Lipinski definition) is 5. The van der Waals surface area contributed by atoms with Gasteiger partial charge in [0.2, 0.25) is 0 Å². The quantitative estimate of drug-likeness (QED) is 0.680. The minimum Gasteiger partial charge on any atom is -0.353 e. The van der Waals surface area contributed by atoms with E-state index < -0.39 is 0 Å². The molecule has 0 N–H and O–H groups in total. The molecule has 2 aliphatic carbocycles. The number of hydrazone groups is 1. The molecule has 2 amide bonds. The maximum Gasteiger partial charge on any atom is 0.340 e. The van der Waals surface area contributed by atoms with Crippen LogP contribution >= 0.6 is 0 Å². The number of rotatable bonds is 3. The summed E-state index contributed by atoms with van der Waals surface area (Å²) in [6.07, 6.45) is 18.8. The number of amides is 2. The fourth-order valence-corrected chi connectivity index (χ4v) is 6.14. The van der Waals surface area contributed by atoms with Crippen molar-refractivity contribution < 1.29 is 4.79 Å². The second-order valence-electron chi connectivity index (χ2n) is 10.1. The van der Waals surface area contributed by atoms with Gasteiger partial charge in [0, 0.05) is 56.5 Å². The standard InChI is InChI=1S/C25H38N6O/c32-25(31-23(12-13-28-31)21-10-4-2-1-3-5-11-21)30-16-14-29(15-17-30)24-18-22(26-19-27-24)20-8-6-7-9-20/h13,18-21,23H,1-12,14-17H2. The molecule has 174 valence electrons. The third-order valence-corrected chi connectivity index (χ3v) is 8.08. The molecule has 0 bridgehead atoms. The maximum absolute atomic E-state index is 13.4. The molecule has 7 heteroatoms. The zero-order valence-electron chi connectivity index (χ0n) is 19.4. The summed E-state index contributed by atoms with van der Waals surface area (Å²) in [5.74, 6) is 2.21. The lowest BCUT2D eigenvalue weighted by molar-refractivity contribution is 0.115. The zero-order chi connectivity index (χ0) is 21.8. The number of piperazine rings is 1. The van der Waals surface area contributed by atoms with Gasteiger partial charge in [0.15, 0.2) is 0 Å². The van der Waals surface area contributed by atoms with E-state index in [4.69, 9.17) is 0 Å². The van der Waals surface area contributed by atoms with E-state index >= 15 is 0 Å². The first kappa shape index (κ1) is 21.7. The van der Waals surface area contributed by atoms with Crippen molar-refractivity contribution in [3.63, 3.8) is 0 Å². The van der Waals surface area contributed by atoms with E-state index in [0.29, 0.717) is 11.8 Å². The normalized spacial score (nSPS) is 25.9. The highest BCUT2D eigenvalue weighted by Crippen LogP contribution is 2.34. The van der Waals surface area contributed by atoms with Gasteiger partial charge < -0.3 is 9.80 Å². The van der Waals surface area contributed by atoms with Crippen molar-refractivity contribution in [2.75, 3.05) is 31.1 Å². The topological polar surface area (TPSA) is 64.9 Å². The highest BCUT2D eigenvalue weighted by atomic mass is 16.2. The fraction of sp³-hybridized carbons (Fsp3) is 0.760. The summed E-state index contributed by atoms with van der Waals surface area (Å²) in [7, 11) is 0. The SMILES string of the molecule is O=C(N1CCN(c2cc(C3CCCC3)ncn2)CC1)N1N=CCC1C1CCCCCCC1. The Morgan fingerprint density at radius 3 is 2.28 bits per heavy atom. The van der Waals surface area contributed by atoms with Gasteiger partial charge in [-0.05, 0) is 31.6 Å². The molecule has 2 aliphatic heterocycles. The van der Waals surface area contributed by atoms with Crippen LogP contribution in [0.25, 0.3) is 0 Å². The van der Waals surface area contributed by atoms with Crippen molar-refractivity contribution in [3.8, 4) is 0 Å². The molecule has 4 aliphatic rings. The molecule has 1 atom stereocenters. The zero-order valence-corrected chi connectivity index (χ0v) is 19.4. The van der Waals surface area contributed by atoms with E-state index in [2.05, 4.69) is 26.0 Å². The first-order valence-corrected chi connectivity index (χ1v) is 13.0. The molecule has 1 aromatic heterocycles. The molecule has 7 nitrogen and oxygen atoms in total. The smallest absolute Gasteiger partial charge is 0.340 e. The van der Waals surface area contributed by atoms with Gasteiger partial charge in [-0.15, -0.1) is 0 Å². The summed E-state index contributed by atoms with van der Waals surface area (Å²) in [6.45, 7) is 3.09. The van der Waals surface area contributed by atoms with Gasteiger partial charge in [0.1, 0.15) is 12.1 Å². The van der Waals surface area contributed by atoms with Crippen molar-refractivity contribution in [2.45, 2.75) is 89.0 Å². The van der Waals surface area contributed by atoms with Crippen LogP contribution in [0.15, 0.2) is 17.5 Å². The molecular weight excluding hydrogens is 400 g/mol. The lowest BCUT2D eigenvalue weighted by Gasteiger charge is -2.39. The van der Waals surface area contributed by atoms with E-state index in [9.17, 15) is 4.79 Å². The van der Waals surface area contributed by atoms with Crippen molar-refractivity contribution in [3.05, 3.63) is 18.1 Å². The second kappa shape index (κ2) is 10.2. The Bertz CT molecular complexity index is 791. The van der Waals surface area contributed by atoms with Crippen LogP contribution < -0.4 is 4.90 Å². The van der Waals surface area contributed by atoms with Crippen LogP contribution in [0.1, 0.15) is 88.7 Å². The van der Waals surface area contributed by atoms with Gasteiger partial charge >= 0.3 is 6.03 Å². The number of carbonyl (C=O) groups is 1. The van der Waals surface area contributed by atoms with E-state index in [1.54, 1.807) is 6.33 Å². The summed E-state index contributed by atoms with van der Waals surface area (Å²) < 4.78 is 0. The summed E-state index contributed by atoms with van der Waals surface area (Å²) >= 11 is 0. The Balaban J connectivity index is 1.18. The van der Waals surface area contributed by atoms with Gasteiger partial charge in [-0.3, -0.25) is 0 Å². The molecule has 32 heavy (non-hydrogen) atoms. The van der Waals surface area contributed by atoms with Crippen LogP contribution in [0.3, 0.4) is 0 Å². The Hall–Kier alpha value is -2.18. The molecule has 0 radical (unpaired) electrons. The van der Waals surface area contributed by atoms with Crippen LogP contribution in [0, 0.1) is 5.92 Å². The van der Waals surface area contributed by atoms with Gasteiger partial charge in [-0.25, -0.2) is 19.8 Å². The van der Waals surface area contributed by atoms with Gasteiger partial charge in [0.25, 0.3) is 0 Å². The average Bonchev–Trinajstić information content (AvgIpc) is 3.51. The molecule has 3 heterocycles. The number of hydrogen-bond donors (Lipinski definition) is 0. The maximum atomic E-state index is 13.4. The minimum atomic E-state index is 0.0970. The molecule has 3 fully saturated rings. The fourth-order valence-electron chi connectivity index (χ4n) is 6.14. The summed E-state index contributed by atoms with van der Waals surface area (Å²) in [6, 6.07) is 2.54.